The summed E-state index contributed by atoms with van der Waals surface area (Å²) in [7, 11) is 4.17. The van der Waals surface area contributed by atoms with Gasteiger partial charge in [-0.25, -0.2) is 0 Å². The summed E-state index contributed by atoms with van der Waals surface area (Å²) in [4.78, 5) is 4.68. The summed E-state index contributed by atoms with van der Waals surface area (Å²) in [6.45, 7) is 5.75. The van der Waals surface area contributed by atoms with Crippen molar-refractivity contribution in [3.8, 4) is 0 Å². The summed E-state index contributed by atoms with van der Waals surface area (Å²) >= 11 is 0. The highest BCUT2D eigenvalue weighted by Gasteiger charge is 2.43. The Labute approximate surface area is 116 Å². The van der Waals surface area contributed by atoms with Gasteiger partial charge in [-0.05, 0) is 49.9 Å². The lowest BCUT2D eigenvalue weighted by molar-refractivity contribution is 0.285. The van der Waals surface area contributed by atoms with Crippen LogP contribution in [-0.4, -0.2) is 39.3 Å². The molecule has 2 fully saturated rings. The van der Waals surface area contributed by atoms with Crippen LogP contribution in [0.4, 0.5) is 11.4 Å². The molecule has 3 nitrogen and oxygen atoms in total. The zero-order valence-electron chi connectivity index (χ0n) is 12.3. The van der Waals surface area contributed by atoms with E-state index >= 15 is 0 Å². The molecule has 1 aromatic carbocycles. The predicted molar refractivity (Wildman–Crippen MR) is 82.1 cm³/mol. The van der Waals surface area contributed by atoms with E-state index in [0.717, 1.165) is 25.6 Å². The first kappa shape index (κ1) is 12.8. The SMILES string of the molecule is CN(C)c1ccc(N2CCNC(C)(C3CC3)C2)cc1. The summed E-state index contributed by atoms with van der Waals surface area (Å²) in [5.41, 5.74) is 2.95. The van der Waals surface area contributed by atoms with E-state index in [0.29, 0.717) is 5.54 Å². The molecule has 1 aromatic rings. The van der Waals surface area contributed by atoms with Crippen molar-refractivity contribution in [3.05, 3.63) is 24.3 Å². The van der Waals surface area contributed by atoms with Crippen molar-refractivity contribution in [3.63, 3.8) is 0 Å². The molecule has 0 aromatic heterocycles. The lowest BCUT2D eigenvalue weighted by Gasteiger charge is -2.43. The monoisotopic (exact) mass is 259 g/mol. The van der Waals surface area contributed by atoms with E-state index in [4.69, 9.17) is 0 Å². The van der Waals surface area contributed by atoms with Gasteiger partial charge in [-0.1, -0.05) is 0 Å². The van der Waals surface area contributed by atoms with Crippen molar-refractivity contribution in [1.29, 1.82) is 0 Å². The first-order valence-electron chi connectivity index (χ1n) is 7.36. The van der Waals surface area contributed by atoms with Crippen molar-refractivity contribution in [2.24, 2.45) is 5.92 Å². The molecule has 1 atom stereocenters. The Balaban J connectivity index is 1.74. The van der Waals surface area contributed by atoms with Gasteiger partial charge in [0.15, 0.2) is 0 Å². The van der Waals surface area contributed by atoms with E-state index in [1.54, 1.807) is 0 Å². The highest BCUT2D eigenvalue weighted by Crippen LogP contribution is 2.41. The summed E-state index contributed by atoms with van der Waals surface area (Å²) in [5, 5.41) is 3.74. The normalized spacial score (nSPS) is 27.4. The van der Waals surface area contributed by atoms with Gasteiger partial charge in [-0.2, -0.15) is 0 Å². The maximum Gasteiger partial charge on any atom is 0.0368 e. The van der Waals surface area contributed by atoms with Crippen LogP contribution in [0, 0.1) is 5.92 Å². The van der Waals surface area contributed by atoms with Gasteiger partial charge in [0.05, 0.1) is 0 Å². The van der Waals surface area contributed by atoms with Crippen molar-refractivity contribution in [1.82, 2.24) is 5.32 Å². The second-order valence-electron chi connectivity index (χ2n) is 6.45. The molecule has 0 spiro atoms. The molecule has 0 radical (unpaired) electrons. The molecule has 0 amide bonds. The van der Waals surface area contributed by atoms with Crippen molar-refractivity contribution in [2.75, 3.05) is 43.5 Å². The van der Waals surface area contributed by atoms with E-state index in [1.807, 2.05) is 0 Å². The minimum Gasteiger partial charge on any atom is -0.378 e. The van der Waals surface area contributed by atoms with Crippen molar-refractivity contribution < 1.29 is 0 Å². The molecule has 1 saturated heterocycles. The molecular formula is C16H25N3. The van der Waals surface area contributed by atoms with Crippen LogP contribution in [0.2, 0.25) is 0 Å². The molecule has 1 aliphatic heterocycles. The van der Waals surface area contributed by atoms with Crippen LogP contribution in [0.5, 0.6) is 0 Å². The second-order valence-corrected chi connectivity index (χ2v) is 6.45. The smallest absolute Gasteiger partial charge is 0.0368 e. The van der Waals surface area contributed by atoms with Crippen LogP contribution in [0.25, 0.3) is 0 Å². The van der Waals surface area contributed by atoms with Crippen LogP contribution in [0.3, 0.4) is 0 Å². The molecule has 19 heavy (non-hydrogen) atoms. The fraction of sp³-hybridized carbons (Fsp3) is 0.625. The summed E-state index contributed by atoms with van der Waals surface area (Å²) in [6.07, 6.45) is 2.80. The van der Waals surface area contributed by atoms with Gasteiger partial charge in [-0.15, -0.1) is 0 Å². The summed E-state index contributed by atoms with van der Waals surface area (Å²) < 4.78 is 0. The molecule has 0 bridgehead atoms. The zero-order chi connectivity index (χ0) is 13.5. The number of hydrogen-bond acceptors (Lipinski definition) is 3. The van der Waals surface area contributed by atoms with Crippen molar-refractivity contribution >= 4 is 11.4 Å². The predicted octanol–water partition coefficient (Wildman–Crippen LogP) is 2.33. The number of nitrogens with one attached hydrogen (secondary N) is 1. The van der Waals surface area contributed by atoms with E-state index in [2.05, 4.69) is 60.4 Å². The van der Waals surface area contributed by atoms with Crippen LogP contribution in [0.15, 0.2) is 24.3 Å². The number of hydrogen-bond donors (Lipinski definition) is 1. The molecule has 1 saturated carbocycles. The maximum absolute atomic E-state index is 3.74. The standard InChI is InChI=1S/C16H25N3/c1-16(13-4-5-13)12-19(11-10-17-16)15-8-6-14(7-9-15)18(2)3/h6-9,13,17H,4-5,10-12H2,1-3H3. The zero-order valence-corrected chi connectivity index (χ0v) is 12.3. The van der Waals surface area contributed by atoms with E-state index < -0.39 is 0 Å². The molecule has 3 heteroatoms. The van der Waals surface area contributed by atoms with Gasteiger partial charge < -0.3 is 15.1 Å². The number of anilines is 2. The second kappa shape index (κ2) is 4.71. The first-order valence-corrected chi connectivity index (χ1v) is 7.36. The molecule has 1 unspecified atom stereocenters. The van der Waals surface area contributed by atoms with Crippen LogP contribution in [0.1, 0.15) is 19.8 Å². The fourth-order valence-corrected chi connectivity index (χ4v) is 3.18. The number of benzene rings is 1. The van der Waals surface area contributed by atoms with Gasteiger partial charge in [0.25, 0.3) is 0 Å². The minimum atomic E-state index is 0.318. The molecular weight excluding hydrogens is 234 g/mol. The highest BCUT2D eigenvalue weighted by molar-refractivity contribution is 5.56. The van der Waals surface area contributed by atoms with Gasteiger partial charge in [-0.3, -0.25) is 0 Å². The van der Waals surface area contributed by atoms with Crippen molar-refractivity contribution in [2.45, 2.75) is 25.3 Å². The topological polar surface area (TPSA) is 18.5 Å². The summed E-state index contributed by atoms with van der Waals surface area (Å²) in [6, 6.07) is 8.94. The fourth-order valence-electron chi connectivity index (χ4n) is 3.18. The lowest BCUT2D eigenvalue weighted by atomic mass is 9.92. The Kier molecular flexibility index (Phi) is 3.17. The van der Waals surface area contributed by atoms with Crippen LogP contribution < -0.4 is 15.1 Å². The molecule has 3 rings (SSSR count). The lowest BCUT2D eigenvalue weighted by Crippen LogP contribution is -2.60. The Morgan fingerprint density at radius 3 is 2.47 bits per heavy atom. The highest BCUT2D eigenvalue weighted by atomic mass is 15.2. The summed E-state index contributed by atoms with van der Waals surface area (Å²) in [5.74, 6) is 0.886. The van der Waals surface area contributed by atoms with Gasteiger partial charge >= 0.3 is 0 Å². The maximum atomic E-state index is 3.74. The third-order valence-electron chi connectivity index (χ3n) is 4.64. The molecule has 1 N–H and O–H groups in total. The van der Waals surface area contributed by atoms with Gasteiger partial charge in [0.1, 0.15) is 0 Å². The van der Waals surface area contributed by atoms with Gasteiger partial charge in [0.2, 0.25) is 0 Å². The third-order valence-corrected chi connectivity index (χ3v) is 4.64. The Morgan fingerprint density at radius 1 is 1.21 bits per heavy atom. The minimum absolute atomic E-state index is 0.318. The molecule has 2 aliphatic rings. The largest absolute Gasteiger partial charge is 0.378 e. The van der Waals surface area contributed by atoms with Crippen LogP contribution >= 0.6 is 0 Å². The van der Waals surface area contributed by atoms with E-state index in [9.17, 15) is 0 Å². The Bertz CT molecular complexity index is 436. The van der Waals surface area contributed by atoms with E-state index in [-0.39, 0.29) is 0 Å². The van der Waals surface area contributed by atoms with Crippen LogP contribution in [-0.2, 0) is 0 Å². The number of piperazine rings is 1. The first-order chi connectivity index (χ1) is 9.08. The van der Waals surface area contributed by atoms with E-state index in [1.165, 1.54) is 24.2 Å². The number of rotatable bonds is 3. The Morgan fingerprint density at radius 2 is 1.89 bits per heavy atom. The average Bonchev–Trinajstić information content (AvgIpc) is 3.23. The average molecular weight is 259 g/mol. The third kappa shape index (κ3) is 2.57. The number of nitrogens with zero attached hydrogens (tertiary/aromatic N) is 2. The molecule has 1 heterocycles. The quantitative estimate of drug-likeness (QED) is 0.899. The Hall–Kier alpha value is -1.22. The molecule has 104 valence electrons. The molecule has 1 aliphatic carbocycles. The van der Waals surface area contributed by atoms with Gasteiger partial charge in [0, 0.05) is 50.6 Å².